The van der Waals surface area contributed by atoms with Crippen molar-refractivity contribution in [3.05, 3.63) is 46.7 Å². The summed E-state index contributed by atoms with van der Waals surface area (Å²) in [4.78, 5) is 22.1. The number of hydrogen-bond acceptors (Lipinski definition) is 5. The number of halogens is 4. The Morgan fingerprint density at radius 3 is 2.46 bits per heavy atom. The summed E-state index contributed by atoms with van der Waals surface area (Å²) in [6.45, 7) is 0.819. The van der Waals surface area contributed by atoms with Crippen molar-refractivity contribution >= 4 is 21.8 Å². The molecule has 0 bridgehead atoms. The van der Waals surface area contributed by atoms with Crippen LogP contribution in [-0.2, 0) is 0 Å². The summed E-state index contributed by atoms with van der Waals surface area (Å²) in [5.41, 5.74) is 0.278. The van der Waals surface area contributed by atoms with E-state index in [0.717, 1.165) is 16.6 Å². The summed E-state index contributed by atoms with van der Waals surface area (Å²) in [7, 11) is 0. The van der Waals surface area contributed by atoms with E-state index >= 15 is 0 Å². The summed E-state index contributed by atoms with van der Waals surface area (Å²) in [5.74, 6) is -0.657. The Labute approximate surface area is 155 Å². The van der Waals surface area contributed by atoms with E-state index in [9.17, 15) is 18.0 Å². The molecule has 1 unspecified atom stereocenters. The molecular weight excluding hydrogens is 419 g/mol. The molecule has 0 aliphatic carbocycles. The van der Waals surface area contributed by atoms with Crippen molar-refractivity contribution in [1.82, 2.24) is 14.9 Å². The lowest BCUT2D eigenvalue weighted by molar-refractivity contribution is -0.274. The summed E-state index contributed by atoms with van der Waals surface area (Å²) in [5, 5.41) is 0. The predicted octanol–water partition coefficient (Wildman–Crippen LogP) is 3.43. The van der Waals surface area contributed by atoms with E-state index in [1.54, 1.807) is 17.3 Å². The van der Waals surface area contributed by atoms with Crippen LogP contribution in [0.25, 0.3) is 0 Å². The number of alkyl halides is 3. The number of carbonyl (C=O) groups is 1. The molecule has 2 aromatic rings. The van der Waals surface area contributed by atoms with Crippen LogP contribution < -0.4 is 9.47 Å². The SMILES string of the molecule is O=C(c1ccc(OC(F)(F)F)cc1)N1CCC(Oc2ncc(Br)cn2)C1. The van der Waals surface area contributed by atoms with Crippen LogP contribution in [0.3, 0.4) is 0 Å². The molecule has 1 aromatic carbocycles. The standard InChI is InChI=1S/C16H13BrF3N3O3/c17-11-7-21-15(22-8-11)25-13-5-6-23(9-13)14(24)10-1-3-12(4-2-10)26-16(18,19)20/h1-4,7-8,13H,5-6,9H2. The number of rotatable bonds is 4. The second kappa shape index (κ2) is 7.48. The number of nitrogens with zero attached hydrogens (tertiary/aromatic N) is 3. The third kappa shape index (κ3) is 4.84. The fourth-order valence-electron chi connectivity index (χ4n) is 2.50. The zero-order valence-corrected chi connectivity index (χ0v) is 14.8. The van der Waals surface area contributed by atoms with Gasteiger partial charge in [-0.2, -0.15) is 0 Å². The molecule has 3 rings (SSSR count). The largest absolute Gasteiger partial charge is 0.573 e. The number of benzene rings is 1. The van der Waals surface area contributed by atoms with Gasteiger partial charge in [-0.05, 0) is 40.2 Å². The summed E-state index contributed by atoms with van der Waals surface area (Å²) in [6, 6.07) is 5.05. The molecule has 0 spiro atoms. The molecule has 1 aliphatic heterocycles. The molecule has 1 aromatic heterocycles. The van der Waals surface area contributed by atoms with Gasteiger partial charge in [-0.15, -0.1) is 13.2 Å². The summed E-state index contributed by atoms with van der Waals surface area (Å²) < 4.78 is 46.7. The lowest BCUT2D eigenvalue weighted by Crippen LogP contribution is -2.31. The predicted molar refractivity (Wildman–Crippen MR) is 87.8 cm³/mol. The summed E-state index contributed by atoms with van der Waals surface area (Å²) >= 11 is 3.23. The highest BCUT2D eigenvalue weighted by atomic mass is 79.9. The van der Waals surface area contributed by atoms with E-state index in [0.29, 0.717) is 19.5 Å². The second-order valence-corrected chi connectivity index (χ2v) is 6.45. The van der Waals surface area contributed by atoms with Crippen molar-refractivity contribution in [2.24, 2.45) is 0 Å². The van der Waals surface area contributed by atoms with E-state index in [1.807, 2.05) is 0 Å². The zero-order valence-electron chi connectivity index (χ0n) is 13.2. The van der Waals surface area contributed by atoms with Crippen molar-refractivity contribution < 1.29 is 27.4 Å². The van der Waals surface area contributed by atoms with Crippen LogP contribution >= 0.6 is 15.9 Å². The van der Waals surface area contributed by atoms with Gasteiger partial charge in [0.1, 0.15) is 11.9 Å². The molecule has 6 nitrogen and oxygen atoms in total. The quantitative estimate of drug-likeness (QED) is 0.741. The van der Waals surface area contributed by atoms with Gasteiger partial charge in [0, 0.05) is 30.9 Å². The monoisotopic (exact) mass is 431 g/mol. The van der Waals surface area contributed by atoms with Crippen molar-refractivity contribution in [3.8, 4) is 11.8 Å². The Kier molecular flexibility index (Phi) is 5.30. The first-order valence-corrected chi connectivity index (χ1v) is 8.39. The molecule has 10 heteroatoms. The number of hydrogen-bond donors (Lipinski definition) is 0. The van der Waals surface area contributed by atoms with E-state index in [4.69, 9.17) is 4.74 Å². The fraction of sp³-hybridized carbons (Fsp3) is 0.312. The van der Waals surface area contributed by atoms with E-state index in [1.165, 1.54) is 12.1 Å². The molecular formula is C16H13BrF3N3O3. The molecule has 138 valence electrons. The van der Waals surface area contributed by atoms with Crippen LogP contribution in [0.2, 0.25) is 0 Å². The molecule has 0 radical (unpaired) electrons. The van der Waals surface area contributed by atoms with E-state index in [2.05, 4.69) is 30.6 Å². The van der Waals surface area contributed by atoms with Gasteiger partial charge in [-0.1, -0.05) is 0 Å². The molecule has 0 saturated carbocycles. The third-order valence-corrected chi connectivity index (χ3v) is 4.05. The van der Waals surface area contributed by atoms with Crippen molar-refractivity contribution in [2.75, 3.05) is 13.1 Å². The van der Waals surface area contributed by atoms with Crippen LogP contribution in [0.5, 0.6) is 11.8 Å². The Hall–Kier alpha value is -2.36. The van der Waals surface area contributed by atoms with E-state index in [-0.39, 0.29) is 29.3 Å². The van der Waals surface area contributed by atoms with Gasteiger partial charge in [0.2, 0.25) is 0 Å². The van der Waals surface area contributed by atoms with Crippen molar-refractivity contribution in [2.45, 2.75) is 18.9 Å². The highest BCUT2D eigenvalue weighted by molar-refractivity contribution is 9.10. The molecule has 0 N–H and O–H groups in total. The lowest BCUT2D eigenvalue weighted by atomic mass is 10.2. The average molecular weight is 432 g/mol. The first kappa shape index (κ1) is 18.4. The van der Waals surface area contributed by atoms with E-state index < -0.39 is 6.36 Å². The maximum atomic E-state index is 12.5. The average Bonchev–Trinajstić information content (AvgIpc) is 3.04. The van der Waals surface area contributed by atoms with Crippen molar-refractivity contribution in [1.29, 1.82) is 0 Å². The van der Waals surface area contributed by atoms with Gasteiger partial charge >= 0.3 is 12.4 Å². The maximum absolute atomic E-state index is 12.5. The smallest absolute Gasteiger partial charge is 0.458 e. The number of ether oxygens (including phenoxy) is 2. The van der Waals surface area contributed by atoms with Gasteiger partial charge in [0.05, 0.1) is 11.0 Å². The minimum absolute atomic E-state index is 0.223. The van der Waals surface area contributed by atoms with Crippen LogP contribution in [0.1, 0.15) is 16.8 Å². The zero-order chi connectivity index (χ0) is 18.7. The number of amides is 1. The Balaban J connectivity index is 1.58. The van der Waals surface area contributed by atoms with Gasteiger partial charge in [-0.25, -0.2) is 9.97 Å². The highest BCUT2D eigenvalue weighted by Gasteiger charge is 2.32. The van der Waals surface area contributed by atoms with Crippen molar-refractivity contribution in [3.63, 3.8) is 0 Å². The molecule has 1 fully saturated rings. The highest BCUT2D eigenvalue weighted by Crippen LogP contribution is 2.24. The Bertz CT molecular complexity index is 769. The lowest BCUT2D eigenvalue weighted by Gasteiger charge is -2.17. The van der Waals surface area contributed by atoms with Crippen LogP contribution in [-0.4, -0.2) is 46.3 Å². The maximum Gasteiger partial charge on any atom is 0.573 e. The molecule has 1 amide bonds. The van der Waals surface area contributed by atoms with Gasteiger partial charge in [-0.3, -0.25) is 4.79 Å². The minimum atomic E-state index is -4.76. The van der Waals surface area contributed by atoms with Crippen LogP contribution in [0.4, 0.5) is 13.2 Å². The molecule has 1 saturated heterocycles. The second-order valence-electron chi connectivity index (χ2n) is 5.54. The molecule has 2 heterocycles. The molecule has 1 atom stereocenters. The number of aromatic nitrogens is 2. The molecule has 26 heavy (non-hydrogen) atoms. The third-order valence-electron chi connectivity index (χ3n) is 3.64. The normalized spacial score (nSPS) is 17.2. The number of carbonyl (C=O) groups excluding carboxylic acids is 1. The Morgan fingerprint density at radius 2 is 1.85 bits per heavy atom. The van der Waals surface area contributed by atoms with Gasteiger partial charge < -0.3 is 14.4 Å². The van der Waals surface area contributed by atoms with Crippen LogP contribution in [0, 0.1) is 0 Å². The van der Waals surface area contributed by atoms with Crippen LogP contribution in [0.15, 0.2) is 41.1 Å². The Morgan fingerprint density at radius 1 is 1.19 bits per heavy atom. The summed E-state index contributed by atoms with van der Waals surface area (Å²) in [6.07, 6.45) is -1.27. The first-order valence-electron chi connectivity index (χ1n) is 7.59. The first-order chi connectivity index (χ1) is 12.3. The molecule has 1 aliphatic rings. The minimum Gasteiger partial charge on any atom is -0.458 e. The van der Waals surface area contributed by atoms with Gasteiger partial charge in [0.15, 0.2) is 0 Å². The topological polar surface area (TPSA) is 64.5 Å². The fourth-order valence-corrected chi connectivity index (χ4v) is 2.71. The number of likely N-dealkylation sites (tertiary alicyclic amines) is 1. The van der Waals surface area contributed by atoms with Gasteiger partial charge in [0.25, 0.3) is 5.91 Å².